The number of hydrogen-bond donors (Lipinski definition) is 0. The van der Waals surface area contributed by atoms with Crippen molar-refractivity contribution in [3.8, 4) is 0 Å². The van der Waals surface area contributed by atoms with E-state index in [-0.39, 0.29) is 0 Å². The Morgan fingerprint density at radius 2 is 1.38 bits per heavy atom. The molecule has 0 radical (unpaired) electrons. The Kier molecular flexibility index (Phi) is 6.41. The zero-order chi connectivity index (χ0) is 12.0. The van der Waals surface area contributed by atoms with E-state index >= 15 is 0 Å². The van der Waals surface area contributed by atoms with Crippen molar-refractivity contribution < 1.29 is 0 Å². The van der Waals surface area contributed by atoms with Crippen LogP contribution in [0.5, 0.6) is 0 Å². The van der Waals surface area contributed by atoms with Gasteiger partial charge in [0.2, 0.25) is 0 Å². The maximum Gasteiger partial charge on any atom is 0.00925 e. The third-order valence-electron chi connectivity index (χ3n) is 4.24. The van der Waals surface area contributed by atoms with Crippen LogP contribution in [0.15, 0.2) is 0 Å². The lowest BCUT2D eigenvalue weighted by Crippen LogP contribution is -2.38. The molecule has 2 unspecified atom stereocenters. The maximum absolute atomic E-state index is 2.73. The van der Waals surface area contributed by atoms with Gasteiger partial charge < -0.3 is 4.90 Å². The van der Waals surface area contributed by atoms with Crippen molar-refractivity contribution in [3.63, 3.8) is 0 Å². The molecule has 0 saturated carbocycles. The van der Waals surface area contributed by atoms with E-state index in [0.29, 0.717) is 0 Å². The van der Waals surface area contributed by atoms with Crippen molar-refractivity contribution >= 4 is 0 Å². The molecule has 0 bridgehead atoms. The molecular weight excluding hydrogens is 194 g/mol. The van der Waals surface area contributed by atoms with Gasteiger partial charge in [-0.1, -0.05) is 40.0 Å². The minimum Gasteiger partial charge on any atom is -0.300 e. The van der Waals surface area contributed by atoms with Crippen molar-refractivity contribution in [2.45, 2.75) is 72.3 Å². The average Bonchev–Trinajstić information content (AvgIpc) is 2.53. The topological polar surface area (TPSA) is 3.24 Å². The highest BCUT2D eigenvalue weighted by atomic mass is 15.1. The van der Waals surface area contributed by atoms with Crippen LogP contribution in [0.1, 0.15) is 66.2 Å². The lowest BCUT2D eigenvalue weighted by Gasteiger charge is -2.32. The van der Waals surface area contributed by atoms with Crippen LogP contribution in [0.25, 0.3) is 0 Å². The summed E-state index contributed by atoms with van der Waals surface area (Å²) in [5.74, 6) is 1.72. The fraction of sp³-hybridized carbons (Fsp3) is 1.00. The minimum absolute atomic E-state index is 0.789. The second-order valence-electron chi connectivity index (χ2n) is 6.14. The molecule has 0 aromatic rings. The quantitative estimate of drug-likeness (QED) is 0.673. The van der Waals surface area contributed by atoms with Gasteiger partial charge in [-0.3, -0.25) is 0 Å². The summed E-state index contributed by atoms with van der Waals surface area (Å²) in [5.41, 5.74) is 0. The first-order valence-corrected chi connectivity index (χ1v) is 7.35. The Hall–Kier alpha value is -0.0400. The average molecular weight is 225 g/mol. The van der Waals surface area contributed by atoms with Crippen LogP contribution in [0.4, 0.5) is 0 Å². The Balaban J connectivity index is 2.32. The first kappa shape index (κ1) is 14.0. The van der Waals surface area contributed by atoms with Crippen molar-refractivity contribution in [1.29, 1.82) is 0 Å². The van der Waals surface area contributed by atoms with Gasteiger partial charge in [-0.05, 0) is 51.1 Å². The standard InChI is InChI=1S/C15H31N/c1-13(2)9-10-14(3)15(4)16-11-7-5-6-8-12-16/h13-15H,5-12H2,1-4H3. The van der Waals surface area contributed by atoms with Crippen LogP contribution < -0.4 is 0 Å². The van der Waals surface area contributed by atoms with E-state index < -0.39 is 0 Å². The van der Waals surface area contributed by atoms with Gasteiger partial charge >= 0.3 is 0 Å². The van der Waals surface area contributed by atoms with E-state index in [1.54, 1.807) is 0 Å². The summed E-state index contributed by atoms with van der Waals surface area (Å²) in [4.78, 5) is 2.73. The third-order valence-corrected chi connectivity index (χ3v) is 4.24. The zero-order valence-electron chi connectivity index (χ0n) is 11.8. The van der Waals surface area contributed by atoms with Gasteiger partial charge in [-0.2, -0.15) is 0 Å². The third kappa shape index (κ3) is 4.86. The number of rotatable bonds is 5. The van der Waals surface area contributed by atoms with Gasteiger partial charge in [-0.15, -0.1) is 0 Å². The van der Waals surface area contributed by atoms with Crippen LogP contribution in [-0.4, -0.2) is 24.0 Å². The van der Waals surface area contributed by atoms with E-state index in [0.717, 1.165) is 17.9 Å². The van der Waals surface area contributed by atoms with Crippen molar-refractivity contribution in [2.75, 3.05) is 13.1 Å². The first-order valence-electron chi connectivity index (χ1n) is 7.35. The van der Waals surface area contributed by atoms with Crippen LogP contribution in [0, 0.1) is 11.8 Å². The summed E-state index contributed by atoms with van der Waals surface area (Å²) in [6.45, 7) is 12.2. The van der Waals surface area contributed by atoms with Crippen molar-refractivity contribution in [2.24, 2.45) is 11.8 Å². The smallest absolute Gasteiger partial charge is 0.00925 e. The molecule has 0 spiro atoms. The zero-order valence-corrected chi connectivity index (χ0v) is 11.8. The van der Waals surface area contributed by atoms with E-state index in [2.05, 4.69) is 32.6 Å². The van der Waals surface area contributed by atoms with Crippen LogP contribution in [-0.2, 0) is 0 Å². The fourth-order valence-corrected chi connectivity index (χ4v) is 2.70. The van der Waals surface area contributed by atoms with Gasteiger partial charge in [0.25, 0.3) is 0 Å². The molecule has 1 nitrogen and oxygen atoms in total. The normalized spacial score (nSPS) is 23.1. The van der Waals surface area contributed by atoms with E-state index in [1.807, 2.05) is 0 Å². The predicted octanol–water partition coefficient (Wildman–Crippen LogP) is 4.32. The molecule has 0 amide bonds. The fourth-order valence-electron chi connectivity index (χ4n) is 2.70. The van der Waals surface area contributed by atoms with Crippen molar-refractivity contribution in [3.05, 3.63) is 0 Å². The SMILES string of the molecule is CC(C)CCC(C)C(C)N1CCCCCC1. The second-order valence-corrected chi connectivity index (χ2v) is 6.14. The molecule has 96 valence electrons. The van der Waals surface area contributed by atoms with Crippen molar-refractivity contribution in [1.82, 2.24) is 4.90 Å². The highest BCUT2D eigenvalue weighted by Gasteiger charge is 2.20. The highest BCUT2D eigenvalue weighted by Crippen LogP contribution is 2.21. The molecule has 1 heteroatoms. The molecule has 1 aliphatic heterocycles. The number of nitrogens with zero attached hydrogens (tertiary/aromatic N) is 1. The molecule has 1 fully saturated rings. The summed E-state index contributed by atoms with van der Waals surface area (Å²) >= 11 is 0. The predicted molar refractivity (Wildman–Crippen MR) is 72.7 cm³/mol. The molecule has 1 heterocycles. The second kappa shape index (κ2) is 7.32. The van der Waals surface area contributed by atoms with E-state index in [1.165, 1.54) is 51.6 Å². The molecule has 2 atom stereocenters. The Bertz CT molecular complexity index is 168. The number of likely N-dealkylation sites (tertiary alicyclic amines) is 1. The summed E-state index contributed by atoms with van der Waals surface area (Å²) in [5, 5.41) is 0. The Morgan fingerprint density at radius 3 is 1.88 bits per heavy atom. The summed E-state index contributed by atoms with van der Waals surface area (Å²) in [6.07, 6.45) is 8.52. The van der Waals surface area contributed by atoms with E-state index in [4.69, 9.17) is 0 Å². The lowest BCUT2D eigenvalue weighted by atomic mass is 9.93. The van der Waals surface area contributed by atoms with Crippen LogP contribution in [0.3, 0.4) is 0 Å². The van der Waals surface area contributed by atoms with Crippen LogP contribution in [0.2, 0.25) is 0 Å². The minimum atomic E-state index is 0.789. The summed E-state index contributed by atoms with van der Waals surface area (Å²) in [6, 6.07) is 0.789. The molecule has 0 N–H and O–H groups in total. The summed E-state index contributed by atoms with van der Waals surface area (Å²) in [7, 11) is 0. The lowest BCUT2D eigenvalue weighted by molar-refractivity contribution is 0.158. The van der Waals surface area contributed by atoms with E-state index in [9.17, 15) is 0 Å². The van der Waals surface area contributed by atoms with Gasteiger partial charge in [0.05, 0.1) is 0 Å². The van der Waals surface area contributed by atoms with Gasteiger partial charge in [0.15, 0.2) is 0 Å². The Labute approximate surface area is 103 Å². The molecule has 0 aromatic carbocycles. The maximum atomic E-state index is 2.73. The number of hydrogen-bond acceptors (Lipinski definition) is 1. The largest absolute Gasteiger partial charge is 0.300 e. The molecular formula is C15H31N. The first-order chi connectivity index (χ1) is 7.61. The monoisotopic (exact) mass is 225 g/mol. The van der Waals surface area contributed by atoms with Gasteiger partial charge in [-0.25, -0.2) is 0 Å². The Morgan fingerprint density at radius 1 is 0.812 bits per heavy atom. The summed E-state index contributed by atoms with van der Waals surface area (Å²) < 4.78 is 0. The molecule has 0 aromatic heterocycles. The molecule has 1 saturated heterocycles. The van der Waals surface area contributed by atoms with Gasteiger partial charge in [0, 0.05) is 6.04 Å². The molecule has 0 aliphatic carbocycles. The molecule has 1 rings (SSSR count). The highest BCUT2D eigenvalue weighted by molar-refractivity contribution is 4.75. The van der Waals surface area contributed by atoms with Gasteiger partial charge in [0.1, 0.15) is 0 Å². The molecule has 16 heavy (non-hydrogen) atoms. The molecule has 1 aliphatic rings. The van der Waals surface area contributed by atoms with Crippen LogP contribution >= 0.6 is 0 Å².